The van der Waals surface area contributed by atoms with Crippen LogP contribution in [0.1, 0.15) is 28.9 Å². The van der Waals surface area contributed by atoms with Gasteiger partial charge in [0.15, 0.2) is 23.3 Å². The molecule has 1 rings (SSSR count). The van der Waals surface area contributed by atoms with E-state index < -0.39 is 65.0 Å². The number of carbonyl (C=O) groups is 2. The van der Waals surface area contributed by atoms with Crippen molar-refractivity contribution in [3.63, 3.8) is 0 Å². The van der Waals surface area contributed by atoms with Crippen molar-refractivity contribution in [1.82, 2.24) is 5.32 Å². The van der Waals surface area contributed by atoms with E-state index >= 15 is 0 Å². The number of halogens is 4. The van der Waals surface area contributed by atoms with Gasteiger partial charge >= 0.3 is 5.97 Å². The molecule has 2 atom stereocenters. The van der Waals surface area contributed by atoms with Crippen molar-refractivity contribution in [1.29, 1.82) is 0 Å². The molecule has 6 nitrogen and oxygen atoms in total. The van der Waals surface area contributed by atoms with E-state index in [1.54, 1.807) is 0 Å². The van der Waals surface area contributed by atoms with E-state index in [0.717, 1.165) is 6.92 Å². The lowest BCUT2D eigenvalue weighted by atomic mass is 9.99. The minimum absolute atomic E-state index is 0.634. The molecule has 0 heterocycles. The van der Waals surface area contributed by atoms with Crippen LogP contribution < -0.4 is 5.32 Å². The van der Waals surface area contributed by atoms with E-state index in [1.807, 2.05) is 5.32 Å². The number of aliphatic hydroxyl groups is 2. The highest BCUT2D eigenvalue weighted by molar-refractivity contribution is 5.88. The first kappa shape index (κ1) is 17.9. The maximum atomic E-state index is 13.7. The molecule has 0 aliphatic heterocycles. The van der Waals surface area contributed by atoms with Gasteiger partial charge in [0.25, 0.3) is 0 Å². The second kappa shape index (κ2) is 6.71. The third kappa shape index (κ3) is 3.34. The summed E-state index contributed by atoms with van der Waals surface area (Å²) < 4.78 is 54.3. The normalized spacial score (nSPS) is 13.6. The van der Waals surface area contributed by atoms with Gasteiger partial charge in [-0.25, -0.2) is 22.4 Å². The molecule has 22 heavy (non-hydrogen) atoms. The Kier molecular flexibility index (Phi) is 5.44. The number of benzene rings is 1. The van der Waals surface area contributed by atoms with Gasteiger partial charge in [-0.2, -0.15) is 0 Å². The summed E-state index contributed by atoms with van der Waals surface area (Å²) in [5, 5.41) is 29.6. The van der Waals surface area contributed by atoms with Crippen LogP contribution in [-0.2, 0) is 4.79 Å². The molecule has 4 N–H and O–H groups in total. The molecule has 2 unspecified atom stereocenters. The number of hydrogen-bond acceptors (Lipinski definition) is 4. The van der Waals surface area contributed by atoms with Gasteiger partial charge in [-0.1, -0.05) is 0 Å². The van der Waals surface area contributed by atoms with Crippen LogP contribution in [0.3, 0.4) is 0 Å². The van der Waals surface area contributed by atoms with Gasteiger partial charge in [-0.05, 0) is 0 Å². The Balaban J connectivity index is 3.31. The average molecular weight is 325 g/mol. The van der Waals surface area contributed by atoms with Crippen LogP contribution in [0.4, 0.5) is 17.6 Å². The van der Waals surface area contributed by atoms with Gasteiger partial charge in [-0.15, -0.1) is 0 Å². The molecule has 10 heteroatoms. The van der Waals surface area contributed by atoms with Crippen LogP contribution in [0.5, 0.6) is 0 Å². The third-order valence-corrected chi connectivity index (χ3v) is 2.73. The second-order valence-electron chi connectivity index (χ2n) is 4.30. The summed E-state index contributed by atoms with van der Waals surface area (Å²) in [6, 6.07) is 0. The highest BCUT2D eigenvalue weighted by Crippen LogP contribution is 2.30. The van der Waals surface area contributed by atoms with Crippen LogP contribution >= 0.6 is 0 Å². The fourth-order valence-electron chi connectivity index (χ4n) is 1.65. The van der Waals surface area contributed by atoms with Gasteiger partial charge in [0.1, 0.15) is 17.8 Å². The fourth-order valence-corrected chi connectivity index (χ4v) is 1.65. The smallest absolute Gasteiger partial charge is 0.341 e. The summed E-state index contributed by atoms with van der Waals surface area (Å²) >= 11 is 0. The van der Waals surface area contributed by atoms with E-state index in [2.05, 4.69) is 0 Å². The van der Waals surface area contributed by atoms with E-state index in [4.69, 9.17) is 5.11 Å². The molecule has 122 valence electrons. The molecule has 0 radical (unpaired) electrons. The van der Waals surface area contributed by atoms with E-state index in [1.165, 1.54) is 0 Å². The Labute approximate surface area is 121 Å². The molecule has 0 saturated heterocycles. The lowest BCUT2D eigenvalue weighted by molar-refractivity contribution is -0.119. The first-order valence-corrected chi connectivity index (χ1v) is 5.79. The fraction of sp³-hybridized carbons (Fsp3) is 0.333. The summed E-state index contributed by atoms with van der Waals surface area (Å²) in [6.45, 7) is 0.403. The molecular weight excluding hydrogens is 314 g/mol. The van der Waals surface area contributed by atoms with Crippen LogP contribution in [0.25, 0.3) is 0 Å². The monoisotopic (exact) mass is 325 g/mol. The number of nitrogens with one attached hydrogen (secondary N) is 1. The topological polar surface area (TPSA) is 107 Å². The summed E-state index contributed by atoms with van der Waals surface area (Å²) in [5.41, 5.74) is -3.43. The van der Waals surface area contributed by atoms with Crippen molar-refractivity contribution in [3.8, 4) is 0 Å². The number of carboxylic acid groups (broad SMARTS) is 1. The lowest BCUT2D eigenvalue weighted by Gasteiger charge is -2.20. The molecule has 0 aliphatic rings. The first-order valence-electron chi connectivity index (χ1n) is 5.79. The van der Waals surface area contributed by atoms with Crippen molar-refractivity contribution >= 4 is 11.9 Å². The Morgan fingerprint density at radius 3 is 1.86 bits per heavy atom. The summed E-state index contributed by atoms with van der Waals surface area (Å²) in [6.07, 6.45) is -4.42. The Morgan fingerprint density at radius 2 is 1.50 bits per heavy atom. The quantitative estimate of drug-likeness (QED) is 0.465. The number of hydrogen-bond donors (Lipinski definition) is 4. The molecular formula is C12H11F4NO5. The van der Waals surface area contributed by atoms with Crippen molar-refractivity contribution < 1.29 is 42.5 Å². The van der Waals surface area contributed by atoms with Crippen LogP contribution in [-0.4, -0.2) is 39.8 Å². The molecule has 0 saturated carbocycles. The largest absolute Gasteiger partial charge is 0.477 e. The molecule has 0 aromatic heterocycles. The number of amides is 1. The van der Waals surface area contributed by atoms with Gasteiger partial charge in [0.2, 0.25) is 5.91 Å². The van der Waals surface area contributed by atoms with Gasteiger partial charge in [0.05, 0.1) is 5.56 Å². The molecule has 1 aromatic carbocycles. The van der Waals surface area contributed by atoms with E-state index in [9.17, 15) is 37.4 Å². The number of rotatable bonds is 5. The predicted molar refractivity (Wildman–Crippen MR) is 62.9 cm³/mol. The van der Waals surface area contributed by atoms with E-state index in [0.29, 0.717) is 0 Å². The zero-order valence-electron chi connectivity index (χ0n) is 11.0. The minimum Gasteiger partial charge on any atom is -0.477 e. The SMILES string of the molecule is CC(=O)NCC(O)C(O)c1c(F)c(F)c(C(=O)O)c(F)c1F. The van der Waals surface area contributed by atoms with Crippen molar-refractivity contribution in [3.05, 3.63) is 34.4 Å². The summed E-state index contributed by atoms with van der Waals surface area (Å²) in [5.74, 6) is -11.6. The Morgan fingerprint density at radius 1 is 1.05 bits per heavy atom. The summed E-state index contributed by atoms with van der Waals surface area (Å²) in [7, 11) is 0. The maximum absolute atomic E-state index is 13.7. The van der Waals surface area contributed by atoms with E-state index in [-0.39, 0.29) is 0 Å². The minimum atomic E-state index is -2.43. The van der Waals surface area contributed by atoms with Gasteiger partial charge < -0.3 is 20.6 Å². The van der Waals surface area contributed by atoms with Crippen LogP contribution in [0, 0.1) is 23.3 Å². The standard InChI is InChI=1S/C12H11F4NO5/c1-3(18)17-2-4(19)11(20)5-7(13)9(15)6(12(21)22)10(16)8(5)14/h4,11,19-20H,2H2,1H3,(H,17,18)(H,21,22). The third-order valence-electron chi connectivity index (χ3n) is 2.73. The maximum Gasteiger partial charge on any atom is 0.341 e. The van der Waals surface area contributed by atoms with Gasteiger partial charge in [-0.3, -0.25) is 4.79 Å². The number of aromatic carboxylic acids is 1. The van der Waals surface area contributed by atoms with Crippen molar-refractivity contribution in [2.45, 2.75) is 19.1 Å². The molecule has 0 fully saturated rings. The predicted octanol–water partition coefficient (Wildman–Crippen LogP) is 0.472. The van der Waals surface area contributed by atoms with Crippen LogP contribution in [0.2, 0.25) is 0 Å². The molecule has 0 spiro atoms. The number of aliphatic hydroxyl groups excluding tert-OH is 2. The van der Waals surface area contributed by atoms with Gasteiger partial charge in [0, 0.05) is 13.5 Å². The second-order valence-corrected chi connectivity index (χ2v) is 4.30. The zero-order chi connectivity index (χ0) is 17.2. The molecule has 1 amide bonds. The Hall–Kier alpha value is -2.20. The zero-order valence-corrected chi connectivity index (χ0v) is 11.0. The Bertz CT molecular complexity index is 593. The van der Waals surface area contributed by atoms with Crippen molar-refractivity contribution in [2.75, 3.05) is 6.54 Å². The highest BCUT2D eigenvalue weighted by atomic mass is 19.2. The van der Waals surface area contributed by atoms with Crippen molar-refractivity contribution in [2.24, 2.45) is 0 Å². The number of carbonyl (C=O) groups excluding carboxylic acids is 1. The van der Waals surface area contributed by atoms with Crippen LogP contribution in [0.15, 0.2) is 0 Å². The highest BCUT2D eigenvalue weighted by Gasteiger charge is 2.34. The molecule has 0 bridgehead atoms. The lowest BCUT2D eigenvalue weighted by Crippen LogP contribution is -2.35. The molecule has 0 aliphatic carbocycles. The first-order chi connectivity index (χ1) is 10.1. The molecule has 1 aromatic rings. The number of carboxylic acids is 1. The average Bonchev–Trinajstić information content (AvgIpc) is 2.42. The summed E-state index contributed by atoms with van der Waals surface area (Å²) in [4.78, 5) is 21.2.